The summed E-state index contributed by atoms with van der Waals surface area (Å²) in [6, 6.07) is 4.92. The Kier molecular flexibility index (Phi) is 5.86. The predicted octanol–water partition coefficient (Wildman–Crippen LogP) is 2.90. The van der Waals surface area contributed by atoms with Crippen molar-refractivity contribution in [2.45, 2.75) is 26.7 Å². The monoisotopic (exact) mass is 225 g/mol. The van der Waals surface area contributed by atoms with Crippen LogP contribution in [0, 0.1) is 12.7 Å². The Labute approximate surface area is 96.8 Å². The van der Waals surface area contributed by atoms with E-state index in [1.54, 1.807) is 12.1 Å². The molecule has 1 N–H and O–H groups in total. The first-order chi connectivity index (χ1) is 7.74. The number of benzene rings is 1. The number of ether oxygens (including phenoxy) is 1. The highest BCUT2D eigenvalue weighted by atomic mass is 19.1. The average molecular weight is 225 g/mol. The van der Waals surface area contributed by atoms with E-state index in [0.717, 1.165) is 31.5 Å². The predicted molar refractivity (Wildman–Crippen MR) is 64.4 cm³/mol. The van der Waals surface area contributed by atoms with E-state index >= 15 is 0 Å². The van der Waals surface area contributed by atoms with Crippen LogP contribution >= 0.6 is 0 Å². The molecule has 0 aliphatic carbocycles. The summed E-state index contributed by atoms with van der Waals surface area (Å²) in [5.74, 6) is 0.0719. The van der Waals surface area contributed by atoms with Crippen molar-refractivity contribution >= 4 is 0 Å². The van der Waals surface area contributed by atoms with Crippen molar-refractivity contribution in [2.75, 3.05) is 19.7 Å². The second-order valence-corrected chi connectivity index (χ2v) is 3.89. The van der Waals surface area contributed by atoms with Gasteiger partial charge in [-0.05, 0) is 50.6 Å². The smallest absolute Gasteiger partial charge is 0.165 e. The zero-order valence-corrected chi connectivity index (χ0v) is 10.1. The van der Waals surface area contributed by atoms with E-state index in [-0.39, 0.29) is 5.82 Å². The van der Waals surface area contributed by atoms with Gasteiger partial charge in [0.2, 0.25) is 0 Å². The van der Waals surface area contributed by atoms with Crippen LogP contribution < -0.4 is 10.1 Å². The molecule has 2 nitrogen and oxygen atoms in total. The molecule has 90 valence electrons. The largest absolute Gasteiger partial charge is 0.490 e. The standard InChI is InChI=1S/C13H20FNO/c1-3-7-15-8-4-9-16-13-10-11(2)5-6-12(13)14/h5-6,10,15H,3-4,7-9H2,1-2H3. The van der Waals surface area contributed by atoms with Crippen LogP contribution in [0.25, 0.3) is 0 Å². The van der Waals surface area contributed by atoms with Gasteiger partial charge in [-0.15, -0.1) is 0 Å². The fraction of sp³-hybridized carbons (Fsp3) is 0.538. The van der Waals surface area contributed by atoms with E-state index in [0.29, 0.717) is 12.4 Å². The summed E-state index contributed by atoms with van der Waals surface area (Å²) in [6.45, 7) is 6.55. The molecule has 1 rings (SSSR count). The van der Waals surface area contributed by atoms with E-state index in [4.69, 9.17) is 4.74 Å². The van der Waals surface area contributed by atoms with Crippen molar-refractivity contribution in [3.8, 4) is 5.75 Å². The molecule has 0 spiro atoms. The van der Waals surface area contributed by atoms with Crippen molar-refractivity contribution in [3.63, 3.8) is 0 Å². The fourth-order valence-corrected chi connectivity index (χ4v) is 1.40. The third-order valence-corrected chi connectivity index (χ3v) is 2.27. The highest BCUT2D eigenvalue weighted by Crippen LogP contribution is 2.18. The van der Waals surface area contributed by atoms with Gasteiger partial charge in [-0.25, -0.2) is 4.39 Å². The lowest BCUT2D eigenvalue weighted by atomic mass is 10.2. The maximum atomic E-state index is 13.3. The van der Waals surface area contributed by atoms with Crippen molar-refractivity contribution in [1.29, 1.82) is 0 Å². The lowest BCUT2D eigenvalue weighted by molar-refractivity contribution is 0.293. The molecule has 0 aliphatic rings. The molecule has 0 saturated heterocycles. The van der Waals surface area contributed by atoms with Gasteiger partial charge >= 0.3 is 0 Å². The van der Waals surface area contributed by atoms with Crippen LogP contribution in [-0.2, 0) is 0 Å². The van der Waals surface area contributed by atoms with Crippen LogP contribution in [0.3, 0.4) is 0 Å². The van der Waals surface area contributed by atoms with Crippen LogP contribution in [-0.4, -0.2) is 19.7 Å². The maximum absolute atomic E-state index is 13.3. The molecule has 0 heterocycles. The van der Waals surface area contributed by atoms with Crippen LogP contribution in [0.2, 0.25) is 0 Å². The molecule has 0 fully saturated rings. The van der Waals surface area contributed by atoms with Gasteiger partial charge in [-0.2, -0.15) is 0 Å². The second-order valence-electron chi connectivity index (χ2n) is 3.89. The number of nitrogens with one attached hydrogen (secondary N) is 1. The SMILES string of the molecule is CCCNCCCOc1cc(C)ccc1F. The van der Waals surface area contributed by atoms with Crippen molar-refractivity contribution in [1.82, 2.24) is 5.32 Å². The Hall–Kier alpha value is -1.09. The average Bonchev–Trinajstić information content (AvgIpc) is 2.28. The maximum Gasteiger partial charge on any atom is 0.165 e. The Morgan fingerprint density at radius 1 is 1.31 bits per heavy atom. The Bertz CT molecular complexity index is 315. The Balaban J connectivity index is 2.23. The van der Waals surface area contributed by atoms with E-state index in [9.17, 15) is 4.39 Å². The number of halogens is 1. The van der Waals surface area contributed by atoms with Gasteiger partial charge in [0, 0.05) is 0 Å². The molecule has 1 aromatic carbocycles. The Morgan fingerprint density at radius 2 is 2.12 bits per heavy atom. The summed E-state index contributed by atoms with van der Waals surface area (Å²) in [7, 11) is 0. The van der Waals surface area contributed by atoms with Crippen LogP contribution in [0.1, 0.15) is 25.3 Å². The minimum absolute atomic E-state index is 0.285. The molecular weight excluding hydrogens is 205 g/mol. The van der Waals surface area contributed by atoms with E-state index in [2.05, 4.69) is 12.2 Å². The van der Waals surface area contributed by atoms with Crippen LogP contribution in [0.5, 0.6) is 5.75 Å². The minimum atomic E-state index is -0.285. The molecule has 3 heteroatoms. The molecule has 0 saturated carbocycles. The zero-order chi connectivity index (χ0) is 11.8. The lowest BCUT2D eigenvalue weighted by Crippen LogP contribution is -2.18. The summed E-state index contributed by atoms with van der Waals surface area (Å²) < 4.78 is 18.6. The topological polar surface area (TPSA) is 21.3 Å². The van der Waals surface area contributed by atoms with Gasteiger partial charge in [0.05, 0.1) is 6.61 Å². The molecule has 0 atom stereocenters. The van der Waals surface area contributed by atoms with Crippen LogP contribution in [0.4, 0.5) is 4.39 Å². The molecule has 0 unspecified atom stereocenters. The normalized spacial score (nSPS) is 10.4. The van der Waals surface area contributed by atoms with Crippen molar-refractivity contribution in [2.24, 2.45) is 0 Å². The number of hydrogen-bond donors (Lipinski definition) is 1. The highest BCUT2D eigenvalue weighted by molar-refractivity contribution is 5.29. The van der Waals surface area contributed by atoms with Gasteiger partial charge in [0.15, 0.2) is 11.6 Å². The summed E-state index contributed by atoms with van der Waals surface area (Å²) >= 11 is 0. The number of hydrogen-bond acceptors (Lipinski definition) is 2. The quantitative estimate of drug-likeness (QED) is 0.720. The molecule has 0 amide bonds. The van der Waals surface area contributed by atoms with Gasteiger partial charge in [-0.3, -0.25) is 0 Å². The first-order valence-corrected chi connectivity index (χ1v) is 5.83. The highest BCUT2D eigenvalue weighted by Gasteiger charge is 2.02. The summed E-state index contributed by atoms with van der Waals surface area (Å²) in [6.07, 6.45) is 2.03. The third kappa shape index (κ3) is 4.62. The molecule has 0 aliphatic heterocycles. The van der Waals surface area contributed by atoms with E-state index in [1.807, 2.05) is 6.92 Å². The summed E-state index contributed by atoms with van der Waals surface area (Å²) in [5, 5.41) is 3.27. The van der Waals surface area contributed by atoms with Crippen LogP contribution in [0.15, 0.2) is 18.2 Å². The van der Waals surface area contributed by atoms with Gasteiger partial charge < -0.3 is 10.1 Å². The van der Waals surface area contributed by atoms with E-state index < -0.39 is 0 Å². The van der Waals surface area contributed by atoms with Gasteiger partial charge in [0.1, 0.15) is 0 Å². The molecule has 0 radical (unpaired) electrons. The molecule has 0 bridgehead atoms. The minimum Gasteiger partial charge on any atom is -0.490 e. The fourth-order valence-electron chi connectivity index (χ4n) is 1.40. The molecule has 1 aromatic rings. The molecule has 16 heavy (non-hydrogen) atoms. The lowest BCUT2D eigenvalue weighted by Gasteiger charge is -2.08. The zero-order valence-electron chi connectivity index (χ0n) is 10.1. The number of rotatable bonds is 7. The third-order valence-electron chi connectivity index (χ3n) is 2.27. The Morgan fingerprint density at radius 3 is 2.88 bits per heavy atom. The first kappa shape index (κ1) is 13.0. The second kappa shape index (κ2) is 7.23. The molecular formula is C13H20FNO. The van der Waals surface area contributed by atoms with Crippen molar-refractivity contribution in [3.05, 3.63) is 29.6 Å². The van der Waals surface area contributed by atoms with E-state index in [1.165, 1.54) is 6.07 Å². The van der Waals surface area contributed by atoms with Crippen molar-refractivity contribution < 1.29 is 9.13 Å². The summed E-state index contributed by atoms with van der Waals surface area (Å²) in [5.41, 5.74) is 1.01. The van der Waals surface area contributed by atoms with Gasteiger partial charge in [0.25, 0.3) is 0 Å². The van der Waals surface area contributed by atoms with Gasteiger partial charge in [-0.1, -0.05) is 13.0 Å². The summed E-state index contributed by atoms with van der Waals surface area (Å²) in [4.78, 5) is 0. The first-order valence-electron chi connectivity index (χ1n) is 5.83. The molecule has 0 aromatic heterocycles. The number of aryl methyl sites for hydroxylation is 1.